The number of carbonyl (C=O) groups excluding carboxylic acids is 2. The van der Waals surface area contributed by atoms with E-state index in [2.05, 4.69) is 4.98 Å². The van der Waals surface area contributed by atoms with E-state index in [1.54, 1.807) is 15.7 Å². The minimum Gasteiger partial charge on any atom is -0.469 e. The van der Waals surface area contributed by atoms with Gasteiger partial charge in [-0.15, -0.1) is 11.3 Å². The molecule has 0 aromatic carbocycles. The standard InChI is InChI=1S/C23H26N4O4S2/c1-14-15(2)33-20-19(14)21(29)27(12-17-6-4-5-9-24-17)23(25-20)32-13-18(28)26-10-7-16(8-11-26)22(30)31-3/h4-6,9,16H,7-8,10-13H2,1-3H3. The fourth-order valence-electron chi connectivity index (χ4n) is 3.96. The number of hydrogen-bond acceptors (Lipinski definition) is 8. The number of amides is 1. The van der Waals surface area contributed by atoms with Crippen molar-refractivity contribution in [1.29, 1.82) is 0 Å². The molecule has 0 saturated carbocycles. The number of carbonyl (C=O) groups is 2. The Hall–Kier alpha value is -2.72. The summed E-state index contributed by atoms with van der Waals surface area (Å²) in [5.41, 5.74) is 1.59. The van der Waals surface area contributed by atoms with Gasteiger partial charge in [-0.05, 0) is 44.4 Å². The van der Waals surface area contributed by atoms with E-state index >= 15 is 0 Å². The van der Waals surface area contributed by atoms with Gasteiger partial charge in [0.2, 0.25) is 5.91 Å². The zero-order chi connectivity index (χ0) is 23.5. The fourth-order valence-corrected chi connectivity index (χ4v) is 5.93. The molecule has 1 saturated heterocycles. The Morgan fingerprint density at radius 2 is 2.00 bits per heavy atom. The predicted octanol–water partition coefficient (Wildman–Crippen LogP) is 3.02. The van der Waals surface area contributed by atoms with E-state index in [1.165, 1.54) is 30.2 Å². The molecular weight excluding hydrogens is 460 g/mol. The minimum atomic E-state index is -0.214. The first-order chi connectivity index (χ1) is 15.9. The van der Waals surface area contributed by atoms with E-state index in [1.807, 2.05) is 32.0 Å². The first-order valence-corrected chi connectivity index (χ1v) is 12.6. The maximum Gasteiger partial charge on any atom is 0.308 e. The van der Waals surface area contributed by atoms with Crippen LogP contribution in [-0.4, -0.2) is 57.3 Å². The number of hydrogen-bond donors (Lipinski definition) is 0. The number of aryl methyl sites for hydroxylation is 2. The third-order valence-corrected chi connectivity index (χ3v) is 8.07. The summed E-state index contributed by atoms with van der Waals surface area (Å²) in [5, 5.41) is 1.14. The molecule has 3 aromatic rings. The van der Waals surface area contributed by atoms with E-state index in [0.717, 1.165) is 16.1 Å². The molecule has 1 fully saturated rings. The molecular formula is C23H26N4O4S2. The molecule has 10 heteroatoms. The number of esters is 1. The Bertz CT molecular complexity index is 1230. The van der Waals surface area contributed by atoms with Gasteiger partial charge in [0, 0.05) is 24.2 Å². The Morgan fingerprint density at radius 1 is 1.24 bits per heavy atom. The number of nitrogens with zero attached hydrogens (tertiary/aromatic N) is 4. The molecule has 0 spiro atoms. The number of thiophene rings is 1. The van der Waals surface area contributed by atoms with Crippen molar-refractivity contribution in [2.45, 2.75) is 38.4 Å². The number of rotatable bonds is 6. The van der Waals surface area contributed by atoms with Crippen molar-refractivity contribution in [2.24, 2.45) is 5.92 Å². The van der Waals surface area contributed by atoms with Gasteiger partial charge in [0.1, 0.15) is 4.83 Å². The highest BCUT2D eigenvalue weighted by Crippen LogP contribution is 2.29. The van der Waals surface area contributed by atoms with Gasteiger partial charge >= 0.3 is 5.97 Å². The molecule has 1 amide bonds. The SMILES string of the molecule is COC(=O)C1CCN(C(=O)CSc2nc3sc(C)c(C)c3c(=O)n2Cc2ccccn2)CC1. The molecule has 8 nitrogen and oxygen atoms in total. The topological polar surface area (TPSA) is 94.4 Å². The molecule has 0 aliphatic carbocycles. The highest BCUT2D eigenvalue weighted by atomic mass is 32.2. The van der Waals surface area contributed by atoms with Crippen molar-refractivity contribution < 1.29 is 14.3 Å². The van der Waals surface area contributed by atoms with Crippen LogP contribution in [-0.2, 0) is 20.9 Å². The Labute approximate surface area is 200 Å². The molecule has 1 aliphatic rings. The lowest BCUT2D eigenvalue weighted by Gasteiger charge is -2.30. The van der Waals surface area contributed by atoms with Gasteiger partial charge < -0.3 is 9.64 Å². The number of aromatic nitrogens is 3. The molecule has 0 atom stereocenters. The Balaban J connectivity index is 1.55. The summed E-state index contributed by atoms with van der Waals surface area (Å²) in [6.45, 7) is 5.26. The van der Waals surface area contributed by atoms with Crippen LogP contribution in [0.2, 0.25) is 0 Å². The van der Waals surface area contributed by atoms with Crippen molar-refractivity contribution in [1.82, 2.24) is 19.4 Å². The van der Waals surface area contributed by atoms with Gasteiger partial charge in [-0.3, -0.25) is 23.9 Å². The fraction of sp³-hybridized carbons (Fsp3) is 0.435. The lowest BCUT2D eigenvalue weighted by Crippen LogP contribution is -2.41. The van der Waals surface area contributed by atoms with Crippen LogP contribution in [0.4, 0.5) is 0 Å². The summed E-state index contributed by atoms with van der Waals surface area (Å²) in [5.74, 6) is -0.217. The maximum absolute atomic E-state index is 13.4. The summed E-state index contributed by atoms with van der Waals surface area (Å²) < 4.78 is 6.43. The van der Waals surface area contributed by atoms with Crippen LogP contribution in [0.5, 0.6) is 0 Å². The summed E-state index contributed by atoms with van der Waals surface area (Å²) >= 11 is 2.77. The van der Waals surface area contributed by atoms with Gasteiger partial charge in [0.15, 0.2) is 5.16 Å². The minimum absolute atomic E-state index is 0.0272. The maximum atomic E-state index is 13.4. The summed E-state index contributed by atoms with van der Waals surface area (Å²) in [7, 11) is 1.39. The van der Waals surface area contributed by atoms with Gasteiger partial charge in [-0.1, -0.05) is 17.8 Å². The second-order valence-corrected chi connectivity index (χ2v) is 10.2. The number of ether oxygens (including phenoxy) is 1. The zero-order valence-electron chi connectivity index (χ0n) is 18.9. The van der Waals surface area contributed by atoms with Crippen LogP contribution in [0.3, 0.4) is 0 Å². The van der Waals surface area contributed by atoms with E-state index in [4.69, 9.17) is 9.72 Å². The molecule has 174 valence electrons. The van der Waals surface area contributed by atoms with Gasteiger partial charge in [0.05, 0.1) is 36.4 Å². The number of fused-ring (bicyclic) bond motifs is 1. The monoisotopic (exact) mass is 486 g/mol. The molecule has 0 bridgehead atoms. The van der Waals surface area contributed by atoms with E-state index in [9.17, 15) is 14.4 Å². The highest BCUT2D eigenvalue weighted by Gasteiger charge is 2.28. The smallest absolute Gasteiger partial charge is 0.308 e. The first-order valence-electron chi connectivity index (χ1n) is 10.8. The van der Waals surface area contributed by atoms with Crippen molar-refractivity contribution in [3.05, 3.63) is 50.9 Å². The molecule has 4 rings (SSSR count). The van der Waals surface area contributed by atoms with Crippen LogP contribution < -0.4 is 5.56 Å². The molecule has 33 heavy (non-hydrogen) atoms. The molecule has 0 unspecified atom stereocenters. The molecule has 4 heterocycles. The predicted molar refractivity (Wildman–Crippen MR) is 129 cm³/mol. The second kappa shape index (κ2) is 10.0. The lowest BCUT2D eigenvalue weighted by atomic mass is 9.97. The summed E-state index contributed by atoms with van der Waals surface area (Å²) in [6.07, 6.45) is 2.90. The number of thioether (sulfide) groups is 1. The number of piperidine rings is 1. The largest absolute Gasteiger partial charge is 0.469 e. The quantitative estimate of drug-likeness (QED) is 0.300. The zero-order valence-corrected chi connectivity index (χ0v) is 20.5. The van der Waals surface area contributed by atoms with Crippen molar-refractivity contribution >= 4 is 45.2 Å². The van der Waals surface area contributed by atoms with Crippen molar-refractivity contribution in [3.63, 3.8) is 0 Å². The Morgan fingerprint density at radius 3 is 2.67 bits per heavy atom. The van der Waals surface area contributed by atoms with Crippen LogP contribution in [0.15, 0.2) is 34.3 Å². The summed E-state index contributed by atoms with van der Waals surface area (Å²) in [6, 6.07) is 5.58. The van der Waals surface area contributed by atoms with Crippen LogP contribution in [0, 0.1) is 19.8 Å². The summed E-state index contributed by atoms with van der Waals surface area (Å²) in [4.78, 5) is 50.6. The molecule has 0 N–H and O–H groups in total. The van der Waals surface area contributed by atoms with Crippen molar-refractivity contribution in [3.8, 4) is 0 Å². The third kappa shape index (κ3) is 4.96. The van der Waals surface area contributed by atoms with E-state index in [0.29, 0.717) is 41.3 Å². The highest BCUT2D eigenvalue weighted by molar-refractivity contribution is 7.99. The average Bonchev–Trinajstić information content (AvgIpc) is 3.13. The van der Waals surface area contributed by atoms with Crippen LogP contribution in [0.1, 0.15) is 29.0 Å². The normalized spacial score (nSPS) is 14.6. The van der Waals surface area contributed by atoms with Gasteiger partial charge in [-0.2, -0.15) is 0 Å². The third-order valence-electron chi connectivity index (χ3n) is 6.01. The molecule has 1 aliphatic heterocycles. The number of likely N-dealkylation sites (tertiary alicyclic amines) is 1. The molecule has 3 aromatic heterocycles. The van der Waals surface area contributed by atoms with Gasteiger partial charge in [-0.25, -0.2) is 4.98 Å². The van der Waals surface area contributed by atoms with Gasteiger partial charge in [0.25, 0.3) is 5.56 Å². The molecule has 0 radical (unpaired) electrons. The van der Waals surface area contributed by atoms with Crippen LogP contribution in [0.25, 0.3) is 10.2 Å². The first kappa shape index (κ1) is 23.4. The Kier molecular flexibility index (Phi) is 7.14. The number of methoxy groups -OCH3 is 1. The van der Waals surface area contributed by atoms with Crippen LogP contribution >= 0.6 is 23.1 Å². The van der Waals surface area contributed by atoms with E-state index in [-0.39, 0.29) is 35.7 Å². The number of pyridine rings is 1. The lowest BCUT2D eigenvalue weighted by molar-refractivity contribution is -0.148. The van der Waals surface area contributed by atoms with Crippen molar-refractivity contribution in [2.75, 3.05) is 26.0 Å². The second-order valence-electron chi connectivity index (χ2n) is 8.04. The average molecular weight is 487 g/mol. The van der Waals surface area contributed by atoms with E-state index < -0.39 is 0 Å².